The Hall–Kier alpha value is -4.76. The normalized spacial score (nSPS) is 14.8. The lowest BCUT2D eigenvalue weighted by Gasteiger charge is -2.35. The van der Waals surface area contributed by atoms with Gasteiger partial charge in [-0.2, -0.15) is 0 Å². The van der Waals surface area contributed by atoms with Crippen LogP contribution in [-0.2, 0) is 22.6 Å². The zero-order valence-electron chi connectivity index (χ0n) is 22.7. The van der Waals surface area contributed by atoms with E-state index in [-0.39, 0.29) is 17.0 Å². The highest BCUT2D eigenvalue weighted by molar-refractivity contribution is 7.89. The largest absolute Gasteiger partial charge is 0.356 e. The van der Waals surface area contributed by atoms with E-state index in [1.807, 2.05) is 47.4 Å². The predicted octanol–water partition coefficient (Wildman–Crippen LogP) is 6.75. The molecule has 1 N–H and O–H groups in total. The van der Waals surface area contributed by atoms with Gasteiger partial charge >= 0.3 is 0 Å². The lowest BCUT2D eigenvalue weighted by Crippen LogP contribution is -2.26. The molecule has 42 heavy (non-hydrogen) atoms. The van der Waals surface area contributed by atoms with E-state index in [1.165, 1.54) is 23.0 Å². The molecule has 1 atom stereocenters. The maximum absolute atomic E-state index is 15.8. The third-order valence-electron chi connectivity index (χ3n) is 7.92. The number of hydrogen-bond acceptors (Lipinski definition) is 4. The Balaban J connectivity index is 1.66. The zero-order valence-corrected chi connectivity index (χ0v) is 23.5. The van der Waals surface area contributed by atoms with Crippen LogP contribution in [0, 0.1) is 11.6 Å². The zero-order chi connectivity index (χ0) is 29.3. The van der Waals surface area contributed by atoms with E-state index in [9.17, 15) is 17.6 Å². The summed E-state index contributed by atoms with van der Waals surface area (Å²) in [5, 5.41) is 2.59. The summed E-state index contributed by atoms with van der Waals surface area (Å²) in [5.74, 6) is -1.64. The van der Waals surface area contributed by atoms with Gasteiger partial charge in [-0.25, -0.2) is 17.2 Å². The average molecular weight is 582 g/mol. The number of aromatic amines is 1. The minimum Gasteiger partial charge on any atom is -0.356 e. The second-order valence-corrected chi connectivity index (χ2v) is 13.0. The fourth-order valence-corrected chi connectivity index (χ4v) is 7.02. The standard InChI is InChI=1S/C33H25F2N3O3S/c1-37-17-26-24-14-19(18-42(2,40)41)10-12-28(24)38(29-13-11-21(34)15-27(29)35)32(25-16-36-31(30(25)26)33(37)39)23-9-5-7-20-6-3-4-8-22(20)23/h3-17,32,36H,18H2,1-2H3. The SMILES string of the molecule is Cn1cc2c3c(c[nH]c3c1=O)C(c1cccc3ccccc13)N(c1ccc(F)cc1F)c1ccc(CS(C)(=O)=O)cc1-2. The molecule has 0 amide bonds. The van der Waals surface area contributed by atoms with Crippen LogP contribution in [0.5, 0.6) is 0 Å². The van der Waals surface area contributed by atoms with Crippen molar-refractivity contribution in [3.8, 4) is 11.1 Å². The molecule has 1 unspecified atom stereocenters. The molecule has 3 heterocycles. The molecule has 0 spiro atoms. The Morgan fingerprint density at radius 3 is 2.43 bits per heavy atom. The number of H-pyrrole nitrogens is 1. The van der Waals surface area contributed by atoms with Crippen LogP contribution < -0.4 is 10.5 Å². The average Bonchev–Trinajstić information content (AvgIpc) is 3.34. The van der Waals surface area contributed by atoms with Gasteiger partial charge < -0.3 is 14.5 Å². The maximum atomic E-state index is 15.8. The Bertz CT molecular complexity index is 2230. The van der Waals surface area contributed by atoms with Gasteiger partial charge in [-0.05, 0) is 46.2 Å². The number of rotatable bonds is 4. The Morgan fingerprint density at radius 2 is 1.64 bits per heavy atom. The van der Waals surface area contributed by atoms with Gasteiger partial charge in [0.15, 0.2) is 9.84 Å². The van der Waals surface area contributed by atoms with Gasteiger partial charge in [0.05, 0.1) is 23.2 Å². The number of sulfone groups is 1. The van der Waals surface area contributed by atoms with Crippen molar-refractivity contribution in [2.75, 3.05) is 11.2 Å². The molecule has 6 aromatic rings. The third-order valence-corrected chi connectivity index (χ3v) is 8.77. The summed E-state index contributed by atoms with van der Waals surface area (Å²) in [6.07, 6.45) is 4.68. The van der Waals surface area contributed by atoms with Gasteiger partial charge in [0.1, 0.15) is 17.2 Å². The highest BCUT2D eigenvalue weighted by Crippen LogP contribution is 2.51. The van der Waals surface area contributed by atoms with Gasteiger partial charge in [-0.1, -0.05) is 48.5 Å². The molecule has 6 nitrogen and oxygen atoms in total. The quantitative estimate of drug-likeness (QED) is 0.250. The van der Waals surface area contributed by atoms with Crippen LogP contribution in [0.15, 0.2) is 96.1 Å². The van der Waals surface area contributed by atoms with Crippen LogP contribution in [0.3, 0.4) is 0 Å². The molecule has 4 aromatic carbocycles. The molecule has 0 bridgehead atoms. The lowest BCUT2D eigenvalue weighted by atomic mass is 9.91. The summed E-state index contributed by atoms with van der Waals surface area (Å²) in [7, 11) is -1.71. The predicted molar refractivity (Wildman–Crippen MR) is 162 cm³/mol. The van der Waals surface area contributed by atoms with Crippen molar-refractivity contribution < 1.29 is 17.2 Å². The second kappa shape index (κ2) is 9.39. The molecule has 0 aliphatic carbocycles. The van der Waals surface area contributed by atoms with Crippen LogP contribution in [0.25, 0.3) is 32.8 Å². The number of aryl methyl sites for hydroxylation is 1. The molecule has 0 saturated carbocycles. The third kappa shape index (κ3) is 4.11. The van der Waals surface area contributed by atoms with E-state index in [0.717, 1.165) is 28.0 Å². The maximum Gasteiger partial charge on any atom is 0.274 e. The van der Waals surface area contributed by atoms with E-state index in [4.69, 9.17) is 0 Å². The monoisotopic (exact) mass is 581 g/mol. The van der Waals surface area contributed by atoms with E-state index in [1.54, 1.807) is 37.6 Å². The molecule has 1 aliphatic rings. The first-order valence-electron chi connectivity index (χ1n) is 13.3. The van der Waals surface area contributed by atoms with Crippen molar-refractivity contribution >= 4 is 42.9 Å². The van der Waals surface area contributed by atoms with Crippen LogP contribution in [0.2, 0.25) is 0 Å². The number of aromatic nitrogens is 2. The molecule has 0 saturated heterocycles. The molecule has 0 radical (unpaired) electrons. The highest BCUT2D eigenvalue weighted by Gasteiger charge is 2.36. The van der Waals surface area contributed by atoms with Crippen molar-refractivity contribution in [1.29, 1.82) is 0 Å². The first kappa shape index (κ1) is 26.2. The first-order chi connectivity index (χ1) is 20.1. The summed E-state index contributed by atoms with van der Waals surface area (Å²) in [4.78, 5) is 18.3. The number of nitrogens with zero attached hydrogens (tertiary/aromatic N) is 2. The Kier molecular flexibility index (Phi) is 5.85. The number of halogens is 2. The molecular formula is C33H25F2N3O3S. The van der Waals surface area contributed by atoms with E-state index >= 15 is 4.39 Å². The first-order valence-corrected chi connectivity index (χ1v) is 15.4. The van der Waals surface area contributed by atoms with E-state index in [2.05, 4.69) is 4.98 Å². The van der Waals surface area contributed by atoms with Crippen molar-refractivity contribution in [3.63, 3.8) is 0 Å². The van der Waals surface area contributed by atoms with Gasteiger partial charge in [-0.15, -0.1) is 0 Å². The highest BCUT2D eigenvalue weighted by atomic mass is 32.2. The van der Waals surface area contributed by atoms with Crippen LogP contribution in [0.4, 0.5) is 20.2 Å². The summed E-state index contributed by atoms with van der Waals surface area (Å²) < 4.78 is 56.0. The smallest absolute Gasteiger partial charge is 0.274 e. The molecule has 0 fully saturated rings. The van der Waals surface area contributed by atoms with Gasteiger partial charge in [-0.3, -0.25) is 4.79 Å². The lowest BCUT2D eigenvalue weighted by molar-refractivity contribution is 0.580. The van der Waals surface area contributed by atoms with Crippen LogP contribution in [0.1, 0.15) is 22.7 Å². The topological polar surface area (TPSA) is 75.2 Å². The van der Waals surface area contributed by atoms with Gasteiger partial charge in [0.2, 0.25) is 0 Å². The molecular weight excluding hydrogens is 556 g/mol. The van der Waals surface area contributed by atoms with Crippen LogP contribution in [-0.4, -0.2) is 24.2 Å². The van der Waals surface area contributed by atoms with Gasteiger partial charge in [0.25, 0.3) is 5.56 Å². The summed E-state index contributed by atoms with van der Waals surface area (Å²) in [6, 6.07) is 21.9. The van der Waals surface area contributed by atoms with Crippen LogP contribution >= 0.6 is 0 Å². The number of pyridine rings is 1. The fraction of sp³-hybridized carbons (Fsp3) is 0.121. The molecule has 1 aliphatic heterocycles. The number of hydrogen-bond donors (Lipinski definition) is 1. The van der Waals surface area contributed by atoms with Crippen molar-refractivity contribution in [1.82, 2.24) is 9.55 Å². The molecule has 210 valence electrons. The Labute approximate surface area is 240 Å². The minimum atomic E-state index is -3.36. The number of benzene rings is 4. The van der Waals surface area contributed by atoms with Crippen molar-refractivity contribution in [3.05, 3.63) is 130 Å². The number of fused-ring (bicyclic) bond motifs is 3. The van der Waals surface area contributed by atoms with Crippen molar-refractivity contribution in [2.45, 2.75) is 11.8 Å². The van der Waals surface area contributed by atoms with Gasteiger partial charge in [0, 0.05) is 53.8 Å². The number of anilines is 2. The molecule has 7 rings (SSSR count). The van der Waals surface area contributed by atoms with E-state index < -0.39 is 27.5 Å². The fourth-order valence-electron chi connectivity index (χ4n) is 6.23. The summed E-state index contributed by atoms with van der Waals surface area (Å²) in [6.45, 7) is 0. The summed E-state index contributed by atoms with van der Waals surface area (Å²) >= 11 is 0. The number of nitrogens with one attached hydrogen (secondary N) is 1. The Morgan fingerprint density at radius 1 is 0.881 bits per heavy atom. The molecule has 2 aromatic heterocycles. The minimum absolute atomic E-state index is 0.139. The molecule has 9 heteroatoms. The summed E-state index contributed by atoms with van der Waals surface area (Å²) in [5.41, 5.74) is 4.36. The van der Waals surface area contributed by atoms with Crippen molar-refractivity contribution in [2.24, 2.45) is 7.05 Å². The van der Waals surface area contributed by atoms with E-state index in [0.29, 0.717) is 33.3 Å². The second-order valence-electron chi connectivity index (χ2n) is 10.8.